The molecule has 0 unspecified atom stereocenters. The number of amides is 1. The molecule has 7 nitrogen and oxygen atoms in total. The Bertz CT molecular complexity index is 732. The Hall–Kier alpha value is -2.74. The average molecular weight is 316 g/mol. The van der Waals surface area contributed by atoms with Crippen LogP contribution in [-0.4, -0.2) is 29.0 Å². The molecule has 0 radical (unpaired) electrons. The zero-order valence-corrected chi connectivity index (χ0v) is 13.0. The van der Waals surface area contributed by atoms with Gasteiger partial charge in [-0.15, -0.1) is 10.2 Å². The normalized spacial score (nSPS) is 12.3. The maximum Gasteiger partial charge on any atom is 0.253 e. The highest BCUT2D eigenvalue weighted by molar-refractivity contribution is 7.14. The molecule has 0 fully saturated rings. The first kappa shape index (κ1) is 15.6. The first-order valence-corrected chi connectivity index (χ1v) is 7.25. The first-order chi connectivity index (χ1) is 10.5. The zero-order chi connectivity index (χ0) is 16.1. The maximum absolute atomic E-state index is 11.3. The van der Waals surface area contributed by atoms with E-state index in [2.05, 4.69) is 20.5 Å². The van der Waals surface area contributed by atoms with Gasteiger partial charge in [0, 0.05) is 18.8 Å². The van der Waals surface area contributed by atoms with E-state index in [1.165, 1.54) is 17.5 Å². The van der Waals surface area contributed by atoms with Gasteiger partial charge in [0.25, 0.3) is 5.91 Å². The van der Waals surface area contributed by atoms with Gasteiger partial charge >= 0.3 is 0 Å². The van der Waals surface area contributed by atoms with Crippen molar-refractivity contribution < 1.29 is 4.79 Å². The van der Waals surface area contributed by atoms with Crippen LogP contribution in [0, 0.1) is 6.92 Å². The molecular formula is C14H16N6OS. The molecular weight excluding hydrogens is 300 g/mol. The Morgan fingerprint density at radius 3 is 2.45 bits per heavy atom. The van der Waals surface area contributed by atoms with Gasteiger partial charge in [0.05, 0.1) is 11.3 Å². The molecule has 0 aliphatic heterocycles. The maximum atomic E-state index is 11.3. The van der Waals surface area contributed by atoms with Crippen molar-refractivity contribution in [3.05, 3.63) is 41.0 Å². The Kier molecular flexibility index (Phi) is 4.84. The molecule has 0 saturated heterocycles. The second kappa shape index (κ2) is 6.81. The van der Waals surface area contributed by atoms with Crippen molar-refractivity contribution in [3.63, 3.8) is 0 Å². The number of carbonyl (C=O) groups is 1. The number of aryl methyl sites for hydroxylation is 1. The third-order valence-electron chi connectivity index (χ3n) is 2.72. The van der Waals surface area contributed by atoms with Gasteiger partial charge in [0.1, 0.15) is 15.9 Å². The summed E-state index contributed by atoms with van der Waals surface area (Å²) in [4.78, 5) is 15.5. The van der Waals surface area contributed by atoms with Gasteiger partial charge in [0.2, 0.25) is 0 Å². The highest BCUT2D eigenvalue weighted by Gasteiger charge is 2.10. The predicted octanol–water partition coefficient (Wildman–Crippen LogP) is 1.09. The molecule has 1 heterocycles. The third kappa shape index (κ3) is 3.67. The molecule has 0 bridgehead atoms. The lowest BCUT2D eigenvalue weighted by atomic mass is 10.2. The Morgan fingerprint density at radius 1 is 1.27 bits per heavy atom. The van der Waals surface area contributed by atoms with E-state index in [0.29, 0.717) is 5.69 Å². The van der Waals surface area contributed by atoms with Gasteiger partial charge in [-0.3, -0.25) is 4.79 Å². The van der Waals surface area contributed by atoms with Gasteiger partial charge in [-0.1, -0.05) is 11.3 Å². The van der Waals surface area contributed by atoms with Crippen molar-refractivity contribution in [2.45, 2.75) is 6.92 Å². The molecule has 2 rings (SSSR count). The SMILES string of the molecule is CN/C=C(/C(N)=O)C(N)=Nc1ccc(-c2nnc(C)s2)cc1. The standard InChI is InChI=1S/C14H16N6OS/c1-8-19-20-14(22-8)9-3-5-10(6-4-9)18-12(15)11(7-17-2)13(16)21/h3-7,17H,1-2H3,(H2,15,18)(H2,16,21)/b11-7+. The number of carbonyl (C=O) groups excluding carboxylic acids is 1. The van der Waals surface area contributed by atoms with Crippen LogP contribution in [0.15, 0.2) is 41.0 Å². The fraction of sp³-hybridized carbons (Fsp3) is 0.143. The summed E-state index contributed by atoms with van der Waals surface area (Å²) in [5, 5.41) is 12.5. The highest BCUT2D eigenvalue weighted by atomic mass is 32.1. The van der Waals surface area contributed by atoms with E-state index in [4.69, 9.17) is 11.5 Å². The molecule has 22 heavy (non-hydrogen) atoms. The molecule has 8 heteroatoms. The fourth-order valence-corrected chi connectivity index (χ4v) is 2.40. The smallest absolute Gasteiger partial charge is 0.253 e. The van der Waals surface area contributed by atoms with Crippen LogP contribution in [0.1, 0.15) is 5.01 Å². The van der Waals surface area contributed by atoms with Crippen LogP contribution >= 0.6 is 11.3 Å². The Morgan fingerprint density at radius 2 is 1.95 bits per heavy atom. The molecule has 0 saturated carbocycles. The molecule has 1 aromatic heterocycles. The number of nitrogens with zero attached hydrogens (tertiary/aromatic N) is 3. The molecule has 5 N–H and O–H groups in total. The number of hydrogen-bond acceptors (Lipinski definition) is 6. The van der Waals surface area contributed by atoms with Crippen LogP contribution in [0.4, 0.5) is 5.69 Å². The molecule has 2 aromatic rings. The summed E-state index contributed by atoms with van der Waals surface area (Å²) < 4.78 is 0. The average Bonchev–Trinajstić information content (AvgIpc) is 2.91. The van der Waals surface area contributed by atoms with Crippen LogP contribution in [-0.2, 0) is 4.79 Å². The van der Waals surface area contributed by atoms with E-state index in [1.807, 2.05) is 19.1 Å². The predicted molar refractivity (Wildman–Crippen MR) is 87.7 cm³/mol. The van der Waals surface area contributed by atoms with Crippen LogP contribution in [0.3, 0.4) is 0 Å². The molecule has 114 valence electrons. The number of aliphatic imine (C=N–C) groups is 1. The number of rotatable bonds is 5. The van der Waals surface area contributed by atoms with E-state index < -0.39 is 5.91 Å². The van der Waals surface area contributed by atoms with E-state index in [9.17, 15) is 4.79 Å². The van der Waals surface area contributed by atoms with Crippen LogP contribution in [0.5, 0.6) is 0 Å². The first-order valence-electron chi connectivity index (χ1n) is 6.43. The Labute approximate surface area is 131 Å². The summed E-state index contributed by atoms with van der Waals surface area (Å²) in [5.74, 6) is -0.585. The molecule has 1 amide bonds. The second-order valence-electron chi connectivity index (χ2n) is 4.38. The quantitative estimate of drug-likeness (QED) is 0.433. The number of hydrogen-bond donors (Lipinski definition) is 3. The van der Waals surface area contributed by atoms with Crippen molar-refractivity contribution in [2.24, 2.45) is 16.5 Å². The van der Waals surface area contributed by atoms with E-state index >= 15 is 0 Å². The summed E-state index contributed by atoms with van der Waals surface area (Å²) in [6.45, 7) is 1.90. The minimum absolute atomic E-state index is 0.0568. The lowest BCUT2D eigenvalue weighted by Gasteiger charge is -2.03. The van der Waals surface area contributed by atoms with Gasteiger partial charge in [-0.05, 0) is 31.2 Å². The minimum atomic E-state index is -0.642. The van der Waals surface area contributed by atoms with Crippen molar-refractivity contribution in [1.82, 2.24) is 15.5 Å². The van der Waals surface area contributed by atoms with Gasteiger partial charge < -0.3 is 16.8 Å². The summed E-state index contributed by atoms with van der Waals surface area (Å²) in [5.41, 5.74) is 12.8. The molecule has 0 spiro atoms. The number of amidine groups is 1. The molecule has 0 aliphatic carbocycles. The van der Waals surface area contributed by atoms with Crippen molar-refractivity contribution in [3.8, 4) is 10.6 Å². The number of primary amides is 1. The highest BCUT2D eigenvalue weighted by Crippen LogP contribution is 2.25. The summed E-state index contributed by atoms with van der Waals surface area (Å²) in [6, 6.07) is 7.32. The van der Waals surface area contributed by atoms with Crippen molar-refractivity contribution >= 4 is 28.8 Å². The lowest BCUT2D eigenvalue weighted by molar-refractivity contribution is -0.114. The van der Waals surface area contributed by atoms with Crippen LogP contribution < -0.4 is 16.8 Å². The number of benzene rings is 1. The molecule has 0 atom stereocenters. The summed E-state index contributed by atoms with van der Waals surface area (Å²) in [6.07, 6.45) is 1.42. The van der Waals surface area contributed by atoms with E-state index in [0.717, 1.165) is 15.6 Å². The molecule has 1 aromatic carbocycles. The fourth-order valence-electron chi connectivity index (χ4n) is 1.71. The third-order valence-corrected chi connectivity index (χ3v) is 3.61. The van der Waals surface area contributed by atoms with Crippen LogP contribution in [0.25, 0.3) is 10.6 Å². The van der Waals surface area contributed by atoms with Gasteiger partial charge in [-0.2, -0.15) is 0 Å². The topological polar surface area (TPSA) is 119 Å². The molecule has 0 aliphatic rings. The zero-order valence-electron chi connectivity index (χ0n) is 12.2. The summed E-state index contributed by atoms with van der Waals surface area (Å²) in [7, 11) is 1.65. The van der Waals surface area contributed by atoms with Crippen molar-refractivity contribution in [1.29, 1.82) is 0 Å². The minimum Gasteiger partial charge on any atom is -0.393 e. The summed E-state index contributed by atoms with van der Waals surface area (Å²) >= 11 is 1.51. The second-order valence-corrected chi connectivity index (χ2v) is 5.56. The van der Waals surface area contributed by atoms with Gasteiger partial charge in [-0.25, -0.2) is 4.99 Å². The number of nitrogens with one attached hydrogen (secondary N) is 1. The largest absolute Gasteiger partial charge is 0.393 e. The Balaban J connectivity index is 2.25. The number of nitrogens with two attached hydrogens (primary N) is 2. The van der Waals surface area contributed by atoms with Crippen LogP contribution in [0.2, 0.25) is 0 Å². The van der Waals surface area contributed by atoms with E-state index in [1.54, 1.807) is 19.2 Å². The van der Waals surface area contributed by atoms with E-state index in [-0.39, 0.29) is 11.4 Å². The number of aromatic nitrogens is 2. The van der Waals surface area contributed by atoms with Gasteiger partial charge in [0.15, 0.2) is 0 Å². The monoisotopic (exact) mass is 316 g/mol. The lowest BCUT2D eigenvalue weighted by Crippen LogP contribution is -2.27. The van der Waals surface area contributed by atoms with Crippen molar-refractivity contribution in [2.75, 3.05) is 7.05 Å².